The Bertz CT molecular complexity index is 1010. The highest BCUT2D eigenvalue weighted by Crippen LogP contribution is 2.28. The van der Waals surface area contributed by atoms with Gasteiger partial charge in [-0.3, -0.25) is 14.4 Å². The number of hydrazine groups is 1. The topological polar surface area (TPSA) is 142 Å². The number of piperidine rings is 1. The van der Waals surface area contributed by atoms with Gasteiger partial charge in [0.2, 0.25) is 11.8 Å². The molecule has 10 nitrogen and oxygen atoms in total. The lowest BCUT2D eigenvalue weighted by Gasteiger charge is -2.31. The number of rotatable bonds is 8. The van der Waals surface area contributed by atoms with Crippen molar-refractivity contribution in [3.8, 4) is 0 Å². The molecular formula is C22H29N7O3S. The minimum Gasteiger partial charge on any atom is -0.359 e. The maximum atomic E-state index is 13.3. The molecule has 1 aromatic carbocycles. The van der Waals surface area contributed by atoms with Gasteiger partial charge < -0.3 is 21.0 Å². The molecule has 176 valence electrons. The summed E-state index contributed by atoms with van der Waals surface area (Å²) in [6.07, 6.45) is 3.91. The summed E-state index contributed by atoms with van der Waals surface area (Å²) in [5.74, 6) is 4.80. The van der Waals surface area contributed by atoms with E-state index in [-0.39, 0.29) is 23.6 Å². The van der Waals surface area contributed by atoms with Crippen molar-refractivity contribution in [2.75, 3.05) is 25.5 Å². The van der Waals surface area contributed by atoms with Crippen LogP contribution in [0.1, 0.15) is 40.7 Å². The van der Waals surface area contributed by atoms with Crippen molar-refractivity contribution in [1.29, 1.82) is 0 Å². The van der Waals surface area contributed by atoms with E-state index in [0.717, 1.165) is 11.3 Å². The second-order valence-corrected chi connectivity index (χ2v) is 8.75. The summed E-state index contributed by atoms with van der Waals surface area (Å²) in [5.41, 5.74) is 4.88. The lowest BCUT2D eigenvalue weighted by Crippen LogP contribution is -2.42. The van der Waals surface area contributed by atoms with E-state index in [4.69, 9.17) is 5.84 Å². The molecular weight excluding hydrogens is 442 g/mol. The van der Waals surface area contributed by atoms with Crippen molar-refractivity contribution in [2.24, 2.45) is 16.8 Å². The number of likely N-dealkylation sites (tertiary alicyclic amines) is 1. The first-order chi connectivity index (χ1) is 15.9. The molecule has 0 atom stereocenters. The van der Waals surface area contributed by atoms with Crippen molar-refractivity contribution in [3.05, 3.63) is 40.4 Å². The Morgan fingerprint density at radius 1 is 1.21 bits per heavy atom. The Labute approximate surface area is 196 Å². The van der Waals surface area contributed by atoms with E-state index in [0.29, 0.717) is 54.5 Å². The Balaban J connectivity index is 1.71. The maximum Gasteiger partial charge on any atom is 0.265 e. The number of hydrogen-bond donors (Lipinski definition) is 4. The normalized spacial score (nSPS) is 14.3. The Morgan fingerprint density at radius 3 is 2.52 bits per heavy atom. The van der Waals surface area contributed by atoms with E-state index in [2.05, 4.69) is 26.0 Å². The zero-order valence-electron chi connectivity index (χ0n) is 18.8. The molecule has 1 aliphatic heterocycles. The van der Waals surface area contributed by atoms with E-state index < -0.39 is 0 Å². The third-order valence-electron chi connectivity index (χ3n) is 5.45. The second kappa shape index (κ2) is 11.5. The molecule has 1 fully saturated rings. The van der Waals surface area contributed by atoms with Crippen LogP contribution >= 0.6 is 11.3 Å². The van der Waals surface area contributed by atoms with Gasteiger partial charge in [-0.2, -0.15) is 0 Å². The number of aliphatic imine (C=N–C) groups is 1. The van der Waals surface area contributed by atoms with E-state index in [1.807, 2.05) is 24.3 Å². The van der Waals surface area contributed by atoms with Crippen LogP contribution in [0.2, 0.25) is 0 Å². The minimum atomic E-state index is -0.233. The number of anilines is 1. The van der Waals surface area contributed by atoms with Gasteiger partial charge in [-0.25, -0.2) is 15.8 Å². The van der Waals surface area contributed by atoms with Gasteiger partial charge in [0.15, 0.2) is 5.13 Å². The molecule has 1 aromatic heterocycles. The fraction of sp³-hybridized carbons (Fsp3) is 0.409. The summed E-state index contributed by atoms with van der Waals surface area (Å²) in [5, 5.41) is 5.79. The number of amides is 3. The minimum absolute atomic E-state index is 0.0181. The Hall–Kier alpha value is -3.31. The number of nitrogens with zero attached hydrogens (tertiary/aromatic N) is 3. The van der Waals surface area contributed by atoms with Crippen LogP contribution in [0, 0.1) is 5.92 Å². The van der Waals surface area contributed by atoms with Crippen LogP contribution in [0.4, 0.5) is 10.8 Å². The average Bonchev–Trinajstić information content (AvgIpc) is 3.23. The number of hydrogen-bond acceptors (Lipinski definition) is 7. The molecule has 1 aliphatic rings. The van der Waals surface area contributed by atoms with Crippen molar-refractivity contribution < 1.29 is 14.4 Å². The number of nitrogens with two attached hydrogens (primary N) is 1. The van der Waals surface area contributed by atoms with E-state index in [1.54, 1.807) is 11.9 Å². The summed E-state index contributed by atoms with van der Waals surface area (Å²) in [4.78, 5) is 47.6. The molecule has 0 saturated carbocycles. The van der Waals surface area contributed by atoms with Crippen LogP contribution in [0.25, 0.3) is 0 Å². The molecule has 33 heavy (non-hydrogen) atoms. The molecule has 0 unspecified atom stereocenters. The zero-order valence-corrected chi connectivity index (χ0v) is 19.6. The summed E-state index contributed by atoms with van der Waals surface area (Å²) in [6, 6.07) is 7.70. The number of aryl methyl sites for hydroxylation is 2. The molecule has 0 spiro atoms. The lowest BCUT2D eigenvalue weighted by atomic mass is 9.96. The highest BCUT2D eigenvalue weighted by atomic mass is 32.1. The van der Waals surface area contributed by atoms with Gasteiger partial charge in [0.1, 0.15) is 11.2 Å². The number of nitrogens with one attached hydrogen (secondary N) is 3. The highest BCUT2D eigenvalue weighted by Gasteiger charge is 2.29. The first-order valence-electron chi connectivity index (χ1n) is 10.8. The Morgan fingerprint density at radius 2 is 1.91 bits per heavy atom. The highest BCUT2D eigenvalue weighted by molar-refractivity contribution is 7.17. The largest absolute Gasteiger partial charge is 0.359 e. The van der Waals surface area contributed by atoms with Crippen LogP contribution in [0.3, 0.4) is 0 Å². The van der Waals surface area contributed by atoms with Crippen molar-refractivity contribution >= 4 is 46.2 Å². The first-order valence-corrected chi connectivity index (χ1v) is 11.6. The van der Waals surface area contributed by atoms with Crippen molar-refractivity contribution in [2.45, 2.75) is 32.6 Å². The van der Waals surface area contributed by atoms with Crippen molar-refractivity contribution in [3.63, 3.8) is 0 Å². The molecule has 0 aliphatic carbocycles. The fourth-order valence-corrected chi connectivity index (χ4v) is 4.73. The summed E-state index contributed by atoms with van der Waals surface area (Å²) < 4.78 is 0. The molecule has 2 aromatic rings. The van der Waals surface area contributed by atoms with Gasteiger partial charge in [0.25, 0.3) is 5.91 Å². The van der Waals surface area contributed by atoms with Crippen molar-refractivity contribution in [1.82, 2.24) is 20.6 Å². The third-order valence-corrected chi connectivity index (χ3v) is 6.45. The monoisotopic (exact) mass is 471 g/mol. The van der Waals surface area contributed by atoms with Gasteiger partial charge in [0.05, 0.1) is 11.4 Å². The quantitative estimate of drug-likeness (QED) is 0.199. The molecule has 3 amide bonds. The fourth-order valence-electron chi connectivity index (χ4n) is 3.71. The van der Waals surface area contributed by atoms with Crippen LogP contribution in [-0.4, -0.2) is 54.1 Å². The predicted molar refractivity (Wildman–Crippen MR) is 128 cm³/mol. The molecule has 3 rings (SSSR count). The van der Waals surface area contributed by atoms with Crippen LogP contribution in [0.15, 0.2) is 29.3 Å². The molecule has 5 N–H and O–H groups in total. The van der Waals surface area contributed by atoms with Gasteiger partial charge in [-0.05, 0) is 43.4 Å². The van der Waals surface area contributed by atoms with Gasteiger partial charge in [0, 0.05) is 33.0 Å². The number of carbonyl (C=O) groups excluding carboxylic acids is 3. The van der Waals surface area contributed by atoms with Crippen LogP contribution in [-0.2, 0) is 22.4 Å². The molecule has 0 bridgehead atoms. The van der Waals surface area contributed by atoms with Gasteiger partial charge in [-0.15, -0.1) is 0 Å². The van der Waals surface area contributed by atoms with Gasteiger partial charge >= 0.3 is 0 Å². The number of carbonyl (C=O) groups is 3. The number of benzene rings is 1. The second-order valence-electron chi connectivity index (χ2n) is 7.75. The number of aromatic nitrogens is 1. The third kappa shape index (κ3) is 6.59. The average molecular weight is 472 g/mol. The molecule has 0 radical (unpaired) electrons. The summed E-state index contributed by atoms with van der Waals surface area (Å²) in [7, 11) is 1.63. The smallest absolute Gasteiger partial charge is 0.265 e. The summed E-state index contributed by atoms with van der Waals surface area (Å²) in [6.45, 7) is 2.45. The molecule has 11 heteroatoms. The number of thiazole rings is 1. The van der Waals surface area contributed by atoms with E-state index >= 15 is 0 Å². The van der Waals surface area contributed by atoms with E-state index in [1.165, 1.54) is 24.6 Å². The Kier molecular flexibility index (Phi) is 8.50. The predicted octanol–water partition coefficient (Wildman–Crippen LogP) is 1.61. The van der Waals surface area contributed by atoms with Crippen LogP contribution in [0.5, 0.6) is 0 Å². The zero-order chi connectivity index (χ0) is 23.8. The first kappa shape index (κ1) is 24.3. The molecule has 2 heterocycles. The SMILES string of the molecule is CNC(=O)C1CCN(C(=O)c2sc(NC(C)=O)nc2CCc2ccc(N=CNN)cc2)CC1. The van der Waals surface area contributed by atoms with Crippen LogP contribution < -0.4 is 21.9 Å². The lowest BCUT2D eigenvalue weighted by molar-refractivity contribution is -0.125. The maximum absolute atomic E-state index is 13.3. The summed E-state index contributed by atoms with van der Waals surface area (Å²) >= 11 is 1.20. The van der Waals surface area contributed by atoms with E-state index in [9.17, 15) is 14.4 Å². The van der Waals surface area contributed by atoms with Gasteiger partial charge in [-0.1, -0.05) is 23.5 Å². The standard InChI is InChI=1S/C22H29N7O3S/c1-14(30)27-22-28-18(8-5-15-3-6-17(7-4-15)25-13-26-23)19(33-22)21(32)29-11-9-16(10-12-29)20(31)24-2/h3-4,6-7,13,16H,5,8-12,23H2,1-2H3,(H,24,31)(H,25,26)(H,27,28,30). The molecule has 1 saturated heterocycles.